The van der Waals surface area contributed by atoms with E-state index in [4.69, 9.17) is 5.73 Å². The van der Waals surface area contributed by atoms with Crippen LogP contribution in [0.5, 0.6) is 0 Å². The number of hydrogen-bond acceptors (Lipinski definition) is 3. The summed E-state index contributed by atoms with van der Waals surface area (Å²) < 4.78 is 0. The normalized spacial score (nSPS) is 12.7. The Labute approximate surface area is 93.8 Å². The Morgan fingerprint density at radius 2 is 2.33 bits per heavy atom. The maximum absolute atomic E-state index is 6.10. The molecule has 2 nitrogen and oxygen atoms in total. The number of aromatic nitrogens is 1. The summed E-state index contributed by atoms with van der Waals surface area (Å²) in [5, 5.41) is 4.21. The van der Waals surface area contributed by atoms with Gasteiger partial charge in [-0.05, 0) is 53.4 Å². The number of nitrogens with zero attached hydrogens (tertiary/aromatic N) is 1. The summed E-state index contributed by atoms with van der Waals surface area (Å²) in [5.41, 5.74) is 9.57. The molecule has 0 spiro atoms. The van der Waals surface area contributed by atoms with Crippen LogP contribution in [-0.4, -0.2) is 4.98 Å². The molecule has 0 radical (unpaired) electrons. The Bertz CT molecular complexity index is 423. The third-order valence-electron chi connectivity index (χ3n) is 2.35. The molecule has 78 valence electrons. The van der Waals surface area contributed by atoms with Crippen molar-refractivity contribution < 1.29 is 0 Å². The van der Waals surface area contributed by atoms with Gasteiger partial charge in [0.15, 0.2) is 0 Å². The Kier molecular flexibility index (Phi) is 3.14. The molecule has 0 aliphatic rings. The van der Waals surface area contributed by atoms with Crippen LogP contribution in [0.2, 0.25) is 0 Å². The fourth-order valence-corrected chi connectivity index (χ4v) is 2.21. The first-order valence-electron chi connectivity index (χ1n) is 4.95. The van der Waals surface area contributed by atoms with E-state index < -0.39 is 0 Å². The monoisotopic (exact) mass is 218 g/mol. The zero-order valence-corrected chi connectivity index (χ0v) is 9.50. The highest BCUT2D eigenvalue weighted by Gasteiger charge is 2.08. The molecule has 0 fully saturated rings. The molecule has 2 N–H and O–H groups in total. The fraction of sp³-hybridized carbons (Fsp3) is 0.250. The van der Waals surface area contributed by atoms with Crippen LogP contribution in [0.25, 0.3) is 0 Å². The van der Waals surface area contributed by atoms with Crippen molar-refractivity contribution in [3.63, 3.8) is 0 Å². The maximum atomic E-state index is 6.10. The second-order valence-corrected chi connectivity index (χ2v) is 4.48. The Morgan fingerprint density at radius 3 is 3.00 bits per heavy atom. The molecule has 0 aliphatic carbocycles. The molecular weight excluding hydrogens is 204 g/mol. The molecule has 2 rings (SSSR count). The highest BCUT2D eigenvalue weighted by molar-refractivity contribution is 7.07. The van der Waals surface area contributed by atoms with Crippen molar-refractivity contribution in [1.29, 1.82) is 0 Å². The second-order valence-electron chi connectivity index (χ2n) is 3.70. The number of rotatable bonds is 3. The summed E-state index contributed by atoms with van der Waals surface area (Å²) >= 11 is 1.70. The number of hydrogen-bond donors (Lipinski definition) is 1. The quantitative estimate of drug-likeness (QED) is 0.860. The third kappa shape index (κ3) is 2.64. The summed E-state index contributed by atoms with van der Waals surface area (Å²) in [5.74, 6) is 0. The van der Waals surface area contributed by atoms with Crippen molar-refractivity contribution in [2.45, 2.75) is 19.4 Å². The number of thiophene rings is 1. The molecule has 2 heterocycles. The first kappa shape index (κ1) is 10.3. The molecule has 15 heavy (non-hydrogen) atoms. The topological polar surface area (TPSA) is 38.9 Å². The van der Waals surface area contributed by atoms with Gasteiger partial charge in [0.1, 0.15) is 0 Å². The zero-order chi connectivity index (χ0) is 10.7. The summed E-state index contributed by atoms with van der Waals surface area (Å²) in [6.07, 6.45) is 2.68. The predicted octanol–water partition coefficient (Wildman–Crippen LogP) is 2.69. The van der Waals surface area contributed by atoms with E-state index in [1.54, 1.807) is 11.3 Å². The average Bonchev–Trinajstić information content (AvgIpc) is 2.70. The van der Waals surface area contributed by atoms with E-state index >= 15 is 0 Å². The van der Waals surface area contributed by atoms with Crippen LogP contribution in [-0.2, 0) is 6.42 Å². The zero-order valence-electron chi connectivity index (χ0n) is 8.68. The van der Waals surface area contributed by atoms with Crippen LogP contribution in [0, 0.1) is 6.92 Å². The van der Waals surface area contributed by atoms with E-state index in [9.17, 15) is 0 Å². The summed E-state index contributed by atoms with van der Waals surface area (Å²) in [4.78, 5) is 4.30. The van der Waals surface area contributed by atoms with Crippen molar-refractivity contribution in [2.75, 3.05) is 0 Å². The summed E-state index contributed by atoms with van der Waals surface area (Å²) in [6, 6.07) is 6.15. The molecule has 0 saturated carbocycles. The van der Waals surface area contributed by atoms with Crippen molar-refractivity contribution in [2.24, 2.45) is 5.73 Å². The minimum Gasteiger partial charge on any atom is -0.322 e. The molecule has 2 aromatic heterocycles. The van der Waals surface area contributed by atoms with Gasteiger partial charge in [0.25, 0.3) is 0 Å². The lowest BCUT2D eigenvalue weighted by Crippen LogP contribution is -2.14. The molecule has 1 atom stereocenters. The fourth-order valence-electron chi connectivity index (χ4n) is 1.53. The number of pyridine rings is 1. The third-order valence-corrected chi connectivity index (χ3v) is 3.08. The maximum Gasteiger partial charge on any atom is 0.0577 e. The average molecular weight is 218 g/mol. The largest absolute Gasteiger partial charge is 0.322 e. The molecule has 0 aliphatic heterocycles. The van der Waals surface area contributed by atoms with Gasteiger partial charge in [-0.3, -0.25) is 4.98 Å². The molecule has 3 heteroatoms. The summed E-state index contributed by atoms with van der Waals surface area (Å²) in [7, 11) is 0. The van der Waals surface area contributed by atoms with Crippen LogP contribution in [0.15, 0.2) is 35.2 Å². The standard InChI is InChI=1S/C12H14N2S/c1-9-2-4-14-12(6-9)11(13)7-10-3-5-15-8-10/h2-6,8,11H,7,13H2,1H3. The van der Waals surface area contributed by atoms with Gasteiger partial charge >= 0.3 is 0 Å². The molecule has 0 amide bonds. The first-order chi connectivity index (χ1) is 7.25. The van der Waals surface area contributed by atoms with Crippen molar-refractivity contribution in [3.05, 3.63) is 52.0 Å². The summed E-state index contributed by atoms with van der Waals surface area (Å²) in [6.45, 7) is 2.06. The lowest BCUT2D eigenvalue weighted by Gasteiger charge is -2.10. The minimum absolute atomic E-state index is 0.000463. The smallest absolute Gasteiger partial charge is 0.0577 e. The van der Waals surface area contributed by atoms with Gasteiger partial charge in [0, 0.05) is 6.20 Å². The van der Waals surface area contributed by atoms with Gasteiger partial charge < -0.3 is 5.73 Å². The van der Waals surface area contributed by atoms with Crippen molar-refractivity contribution >= 4 is 11.3 Å². The highest BCUT2D eigenvalue weighted by Crippen LogP contribution is 2.16. The molecular formula is C12H14N2S. The van der Waals surface area contributed by atoms with Gasteiger partial charge in [0.05, 0.1) is 11.7 Å². The Balaban J connectivity index is 2.11. The minimum atomic E-state index is -0.000463. The molecule has 0 bridgehead atoms. The van der Waals surface area contributed by atoms with Gasteiger partial charge in [-0.1, -0.05) is 0 Å². The van der Waals surface area contributed by atoms with Gasteiger partial charge in [-0.15, -0.1) is 0 Å². The van der Waals surface area contributed by atoms with Crippen LogP contribution < -0.4 is 5.73 Å². The van der Waals surface area contributed by atoms with E-state index in [-0.39, 0.29) is 6.04 Å². The second kappa shape index (κ2) is 4.55. The number of nitrogens with two attached hydrogens (primary N) is 1. The van der Waals surface area contributed by atoms with Crippen LogP contribution >= 0.6 is 11.3 Å². The van der Waals surface area contributed by atoms with Crippen molar-refractivity contribution in [1.82, 2.24) is 4.98 Å². The van der Waals surface area contributed by atoms with Crippen LogP contribution in [0.1, 0.15) is 22.9 Å². The van der Waals surface area contributed by atoms with Gasteiger partial charge in [0.2, 0.25) is 0 Å². The Hall–Kier alpha value is -1.19. The predicted molar refractivity (Wildman–Crippen MR) is 63.9 cm³/mol. The van der Waals surface area contributed by atoms with E-state index in [2.05, 4.69) is 34.8 Å². The van der Waals surface area contributed by atoms with E-state index in [1.807, 2.05) is 12.3 Å². The lowest BCUT2D eigenvalue weighted by atomic mass is 10.1. The molecule has 1 unspecified atom stereocenters. The van der Waals surface area contributed by atoms with Gasteiger partial charge in [-0.2, -0.15) is 11.3 Å². The molecule has 0 saturated heterocycles. The molecule has 2 aromatic rings. The van der Waals surface area contributed by atoms with E-state index in [0.29, 0.717) is 0 Å². The first-order valence-corrected chi connectivity index (χ1v) is 5.89. The highest BCUT2D eigenvalue weighted by atomic mass is 32.1. The Morgan fingerprint density at radius 1 is 1.47 bits per heavy atom. The van der Waals surface area contributed by atoms with Gasteiger partial charge in [-0.25, -0.2) is 0 Å². The van der Waals surface area contributed by atoms with Crippen LogP contribution in [0.3, 0.4) is 0 Å². The van der Waals surface area contributed by atoms with E-state index in [0.717, 1.165) is 12.1 Å². The molecule has 0 aromatic carbocycles. The SMILES string of the molecule is Cc1ccnc(C(N)Cc2ccsc2)c1. The van der Waals surface area contributed by atoms with Crippen molar-refractivity contribution in [3.8, 4) is 0 Å². The lowest BCUT2D eigenvalue weighted by molar-refractivity contribution is 0.697. The van der Waals surface area contributed by atoms with E-state index in [1.165, 1.54) is 11.1 Å². The number of aryl methyl sites for hydroxylation is 1. The van der Waals surface area contributed by atoms with Crippen LogP contribution in [0.4, 0.5) is 0 Å².